The van der Waals surface area contributed by atoms with Crippen molar-refractivity contribution < 1.29 is 4.21 Å². The van der Waals surface area contributed by atoms with Gasteiger partial charge in [-0.15, -0.1) is 11.3 Å². The van der Waals surface area contributed by atoms with E-state index in [1.807, 2.05) is 12.3 Å². The van der Waals surface area contributed by atoms with Crippen molar-refractivity contribution in [2.24, 2.45) is 0 Å². The molecule has 6 heteroatoms. The van der Waals surface area contributed by atoms with Crippen LogP contribution in [0.4, 0.5) is 5.69 Å². The SMILES string of the molecule is Cc1nc(CS(=O)c2c(N)cccc2Cl)cs1. The van der Waals surface area contributed by atoms with E-state index in [1.165, 1.54) is 0 Å². The quantitative estimate of drug-likeness (QED) is 0.883. The Kier molecular flexibility index (Phi) is 3.81. The number of hydrogen-bond donors (Lipinski definition) is 1. The van der Waals surface area contributed by atoms with Gasteiger partial charge in [0.1, 0.15) is 0 Å². The van der Waals surface area contributed by atoms with E-state index < -0.39 is 10.8 Å². The Bertz CT molecular complexity index is 548. The van der Waals surface area contributed by atoms with E-state index in [2.05, 4.69) is 4.98 Å². The third kappa shape index (κ3) is 2.86. The Hall–Kier alpha value is -0.910. The maximum atomic E-state index is 12.2. The molecule has 0 saturated carbocycles. The Morgan fingerprint density at radius 3 is 2.88 bits per heavy atom. The van der Waals surface area contributed by atoms with Crippen LogP contribution >= 0.6 is 22.9 Å². The van der Waals surface area contributed by atoms with Gasteiger partial charge in [-0.3, -0.25) is 4.21 Å². The Morgan fingerprint density at radius 1 is 1.53 bits per heavy atom. The summed E-state index contributed by atoms with van der Waals surface area (Å²) in [5, 5.41) is 3.31. The summed E-state index contributed by atoms with van der Waals surface area (Å²) in [4.78, 5) is 4.78. The first-order valence-electron chi connectivity index (χ1n) is 4.91. The Balaban J connectivity index is 2.26. The molecule has 3 nitrogen and oxygen atoms in total. The van der Waals surface area contributed by atoms with E-state index in [9.17, 15) is 4.21 Å². The van der Waals surface area contributed by atoms with Crippen LogP contribution < -0.4 is 5.73 Å². The number of nitrogen functional groups attached to an aromatic ring is 1. The lowest BCUT2D eigenvalue weighted by atomic mass is 10.3. The number of thiazole rings is 1. The second-order valence-corrected chi connectivity index (χ2v) is 6.36. The Morgan fingerprint density at radius 2 is 2.29 bits per heavy atom. The van der Waals surface area contributed by atoms with Crippen molar-refractivity contribution in [3.63, 3.8) is 0 Å². The molecule has 0 aliphatic carbocycles. The number of nitrogens with zero attached hydrogens (tertiary/aromatic N) is 1. The highest BCUT2D eigenvalue weighted by molar-refractivity contribution is 7.84. The molecule has 1 atom stereocenters. The minimum atomic E-state index is -1.26. The molecule has 2 rings (SSSR count). The fraction of sp³-hybridized carbons (Fsp3) is 0.182. The number of aryl methyl sites for hydroxylation is 1. The average Bonchev–Trinajstić information content (AvgIpc) is 2.63. The first-order valence-corrected chi connectivity index (χ1v) is 7.49. The van der Waals surface area contributed by atoms with Crippen LogP contribution in [0.2, 0.25) is 5.02 Å². The van der Waals surface area contributed by atoms with Gasteiger partial charge in [-0.25, -0.2) is 4.98 Å². The molecule has 2 N–H and O–H groups in total. The zero-order valence-electron chi connectivity index (χ0n) is 9.14. The molecule has 1 unspecified atom stereocenters. The first kappa shape index (κ1) is 12.5. The first-order chi connectivity index (χ1) is 8.08. The van der Waals surface area contributed by atoms with Gasteiger partial charge in [0, 0.05) is 11.1 Å². The van der Waals surface area contributed by atoms with Crippen LogP contribution in [0.15, 0.2) is 28.5 Å². The minimum absolute atomic E-state index is 0.346. The van der Waals surface area contributed by atoms with E-state index >= 15 is 0 Å². The van der Waals surface area contributed by atoms with Crippen molar-refractivity contribution in [3.05, 3.63) is 39.3 Å². The molecule has 0 amide bonds. The van der Waals surface area contributed by atoms with E-state index in [1.54, 1.807) is 29.5 Å². The summed E-state index contributed by atoms with van der Waals surface area (Å²) < 4.78 is 12.2. The third-order valence-electron chi connectivity index (χ3n) is 2.17. The molecule has 1 aromatic heterocycles. The molecule has 17 heavy (non-hydrogen) atoms. The standard InChI is InChI=1S/C11H11ClN2OS2/c1-7-14-8(5-16-7)6-17(15)11-9(12)3-2-4-10(11)13/h2-5H,6,13H2,1H3. The lowest BCUT2D eigenvalue weighted by molar-refractivity contribution is 0.682. The van der Waals surface area contributed by atoms with Crippen LogP contribution in [0.25, 0.3) is 0 Å². The second kappa shape index (κ2) is 5.16. The predicted octanol–water partition coefficient (Wildman–Crippen LogP) is 2.99. The number of aromatic nitrogens is 1. The molecule has 0 saturated heterocycles. The average molecular weight is 287 g/mol. The summed E-state index contributed by atoms with van der Waals surface area (Å²) in [7, 11) is -1.26. The maximum absolute atomic E-state index is 12.2. The highest BCUT2D eigenvalue weighted by Crippen LogP contribution is 2.27. The summed E-state index contributed by atoms with van der Waals surface area (Å²) in [5.74, 6) is 0.346. The molecular weight excluding hydrogens is 276 g/mol. The lowest BCUT2D eigenvalue weighted by Gasteiger charge is -2.06. The summed E-state index contributed by atoms with van der Waals surface area (Å²) in [6.45, 7) is 1.92. The minimum Gasteiger partial charge on any atom is -0.398 e. The number of nitrogens with two attached hydrogens (primary N) is 1. The van der Waals surface area contributed by atoms with Crippen molar-refractivity contribution in [2.45, 2.75) is 17.6 Å². The number of benzene rings is 1. The van der Waals surface area contributed by atoms with Crippen molar-refractivity contribution >= 4 is 39.4 Å². The predicted molar refractivity (Wildman–Crippen MR) is 72.8 cm³/mol. The number of hydrogen-bond acceptors (Lipinski definition) is 4. The van der Waals surface area contributed by atoms with Crippen LogP contribution in [-0.4, -0.2) is 9.19 Å². The molecular formula is C11H11ClN2OS2. The molecule has 0 aliphatic rings. The highest BCUT2D eigenvalue weighted by Gasteiger charge is 2.14. The van der Waals surface area contributed by atoms with Crippen molar-refractivity contribution in [2.75, 3.05) is 5.73 Å². The van der Waals surface area contributed by atoms with Crippen LogP contribution in [0.1, 0.15) is 10.7 Å². The molecule has 0 aliphatic heterocycles. The Labute approximate surface area is 111 Å². The fourth-order valence-electron chi connectivity index (χ4n) is 1.45. The molecule has 1 heterocycles. The van der Waals surface area contributed by atoms with Crippen molar-refractivity contribution in [1.29, 1.82) is 0 Å². The van der Waals surface area contributed by atoms with Crippen molar-refractivity contribution in [1.82, 2.24) is 4.98 Å². The number of rotatable bonds is 3. The topological polar surface area (TPSA) is 56.0 Å². The van der Waals surface area contributed by atoms with Crippen LogP contribution in [0.5, 0.6) is 0 Å². The van der Waals surface area contributed by atoms with E-state index in [0.29, 0.717) is 21.4 Å². The monoisotopic (exact) mass is 286 g/mol. The van der Waals surface area contributed by atoms with E-state index in [0.717, 1.165) is 10.7 Å². The molecule has 0 bridgehead atoms. The van der Waals surface area contributed by atoms with Crippen LogP contribution in [-0.2, 0) is 16.6 Å². The zero-order chi connectivity index (χ0) is 12.4. The van der Waals surface area contributed by atoms with Gasteiger partial charge in [-0.1, -0.05) is 17.7 Å². The highest BCUT2D eigenvalue weighted by atomic mass is 35.5. The molecule has 1 aromatic carbocycles. The zero-order valence-corrected chi connectivity index (χ0v) is 11.5. The molecule has 0 spiro atoms. The van der Waals surface area contributed by atoms with Crippen LogP contribution in [0, 0.1) is 6.92 Å². The van der Waals surface area contributed by atoms with Gasteiger partial charge in [-0.2, -0.15) is 0 Å². The van der Waals surface area contributed by atoms with Gasteiger partial charge in [0.25, 0.3) is 0 Å². The summed E-state index contributed by atoms with van der Waals surface area (Å²) in [6, 6.07) is 5.13. The van der Waals surface area contributed by atoms with Crippen LogP contribution in [0.3, 0.4) is 0 Å². The second-order valence-electron chi connectivity index (χ2n) is 3.51. The molecule has 0 fully saturated rings. The van der Waals surface area contributed by atoms with Gasteiger partial charge < -0.3 is 5.73 Å². The summed E-state index contributed by atoms with van der Waals surface area (Å²) in [6.07, 6.45) is 0. The summed E-state index contributed by atoms with van der Waals surface area (Å²) >= 11 is 7.55. The lowest BCUT2D eigenvalue weighted by Crippen LogP contribution is -2.02. The normalized spacial score (nSPS) is 12.6. The van der Waals surface area contributed by atoms with Gasteiger partial charge in [0.2, 0.25) is 0 Å². The van der Waals surface area contributed by atoms with Crippen molar-refractivity contribution in [3.8, 4) is 0 Å². The van der Waals surface area contributed by atoms with E-state index in [4.69, 9.17) is 17.3 Å². The third-order valence-corrected chi connectivity index (χ3v) is 4.89. The fourth-order valence-corrected chi connectivity index (χ4v) is 3.78. The number of anilines is 1. The maximum Gasteiger partial charge on any atom is 0.0897 e. The number of halogens is 1. The van der Waals surface area contributed by atoms with Gasteiger partial charge in [0.05, 0.1) is 37.2 Å². The smallest absolute Gasteiger partial charge is 0.0897 e. The molecule has 2 aromatic rings. The van der Waals surface area contributed by atoms with Gasteiger partial charge >= 0.3 is 0 Å². The molecule has 90 valence electrons. The van der Waals surface area contributed by atoms with Gasteiger partial charge in [-0.05, 0) is 19.1 Å². The largest absolute Gasteiger partial charge is 0.398 e. The summed E-state index contributed by atoms with van der Waals surface area (Å²) in [5.41, 5.74) is 7.06. The molecule has 0 radical (unpaired) electrons. The van der Waals surface area contributed by atoms with E-state index in [-0.39, 0.29) is 0 Å². The van der Waals surface area contributed by atoms with Gasteiger partial charge in [0.15, 0.2) is 0 Å².